The highest BCUT2D eigenvalue weighted by atomic mass is 32.2. The van der Waals surface area contributed by atoms with Crippen LogP contribution in [0.3, 0.4) is 0 Å². The van der Waals surface area contributed by atoms with E-state index in [0.717, 1.165) is 18.4 Å². The molecule has 1 aliphatic heterocycles. The second-order valence-corrected chi connectivity index (χ2v) is 9.56. The largest absolute Gasteiger partial charge is 0.497 e. The van der Waals surface area contributed by atoms with Gasteiger partial charge in [0.05, 0.1) is 24.2 Å². The third-order valence-electron chi connectivity index (χ3n) is 5.29. The van der Waals surface area contributed by atoms with Crippen molar-refractivity contribution in [2.45, 2.75) is 32.2 Å². The van der Waals surface area contributed by atoms with Crippen LogP contribution in [0.5, 0.6) is 5.75 Å². The molecule has 0 saturated carbocycles. The van der Waals surface area contributed by atoms with Crippen molar-refractivity contribution in [3.05, 3.63) is 53.8 Å². The van der Waals surface area contributed by atoms with E-state index in [9.17, 15) is 17.6 Å². The summed E-state index contributed by atoms with van der Waals surface area (Å²) >= 11 is 0. The average Bonchev–Trinajstić information content (AvgIpc) is 3.07. The van der Waals surface area contributed by atoms with Crippen molar-refractivity contribution in [3.63, 3.8) is 0 Å². The lowest BCUT2D eigenvalue weighted by molar-refractivity contribution is 0.0689. The minimum atomic E-state index is -3.14. The van der Waals surface area contributed by atoms with Crippen molar-refractivity contribution < 1.29 is 22.3 Å². The molecule has 0 spiro atoms. The van der Waals surface area contributed by atoms with E-state index in [2.05, 4.69) is 0 Å². The Morgan fingerprint density at radius 1 is 1.17 bits per heavy atom. The van der Waals surface area contributed by atoms with Crippen LogP contribution in [0.25, 0.3) is 11.1 Å². The monoisotopic (exact) mass is 419 g/mol. The summed E-state index contributed by atoms with van der Waals surface area (Å²) in [6, 6.07) is 11.4. The molecule has 1 saturated heterocycles. The lowest BCUT2D eigenvalue weighted by Gasteiger charge is -2.28. The molecule has 1 amide bonds. The zero-order chi connectivity index (χ0) is 21.0. The van der Waals surface area contributed by atoms with Gasteiger partial charge in [-0.15, -0.1) is 0 Å². The third kappa shape index (κ3) is 4.96. The second kappa shape index (κ2) is 8.95. The fourth-order valence-corrected chi connectivity index (χ4v) is 5.34. The highest BCUT2D eigenvalue weighted by Crippen LogP contribution is 2.26. The zero-order valence-corrected chi connectivity index (χ0v) is 17.5. The summed E-state index contributed by atoms with van der Waals surface area (Å²) in [5.41, 5.74) is 1.45. The molecule has 1 heterocycles. The van der Waals surface area contributed by atoms with Gasteiger partial charge in [0.2, 0.25) is 0 Å². The molecule has 0 aromatic heterocycles. The van der Waals surface area contributed by atoms with Crippen LogP contribution >= 0.6 is 0 Å². The zero-order valence-electron chi connectivity index (χ0n) is 16.7. The molecule has 5 nitrogen and oxygen atoms in total. The van der Waals surface area contributed by atoms with Crippen molar-refractivity contribution in [1.82, 2.24) is 4.90 Å². The number of hydrogen-bond donors (Lipinski definition) is 0. The van der Waals surface area contributed by atoms with E-state index in [-0.39, 0.29) is 23.1 Å². The maximum Gasteiger partial charge on any atom is 0.257 e. The van der Waals surface area contributed by atoms with Crippen LogP contribution in [0.1, 0.15) is 36.5 Å². The van der Waals surface area contributed by atoms with Gasteiger partial charge in [-0.25, -0.2) is 12.8 Å². The van der Waals surface area contributed by atoms with Gasteiger partial charge in [-0.2, -0.15) is 0 Å². The summed E-state index contributed by atoms with van der Waals surface area (Å²) in [4.78, 5) is 14.6. The first kappa shape index (κ1) is 21.3. The fraction of sp³-hybridized carbons (Fsp3) is 0.409. The van der Waals surface area contributed by atoms with Gasteiger partial charge in [0.1, 0.15) is 11.6 Å². The van der Waals surface area contributed by atoms with Gasteiger partial charge in [0, 0.05) is 12.6 Å². The van der Waals surface area contributed by atoms with E-state index in [1.165, 1.54) is 12.1 Å². The third-order valence-corrected chi connectivity index (χ3v) is 7.04. The molecular weight excluding hydrogens is 393 g/mol. The normalized spacial score (nSPS) is 17.8. The number of benzene rings is 2. The summed E-state index contributed by atoms with van der Waals surface area (Å²) in [6.45, 7) is 2.42. The Labute approximate surface area is 171 Å². The quantitative estimate of drug-likeness (QED) is 0.682. The Kier molecular flexibility index (Phi) is 6.57. The Hall–Kier alpha value is -2.41. The molecule has 0 N–H and O–H groups in total. The minimum Gasteiger partial charge on any atom is -0.497 e. The summed E-state index contributed by atoms with van der Waals surface area (Å²) in [5.74, 6) is -0.315. The number of carbonyl (C=O) groups excluding carboxylic acids is 1. The molecule has 0 aliphatic carbocycles. The molecule has 2 aromatic carbocycles. The first-order valence-electron chi connectivity index (χ1n) is 9.80. The molecule has 1 unspecified atom stereocenters. The van der Waals surface area contributed by atoms with E-state index in [0.29, 0.717) is 24.3 Å². The molecule has 1 atom stereocenters. The van der Waals surface area contributed by atoms with E-state index in [4.69, 9.17) is 4.74 Å². The van der Waals surface area contributed by atoms with Gasteiger partial charge >= 0.3 is 0 Å². The first-order chi connectivity index (χ1) is 13.8. The van der Waals surface area contributed by atoms with Crippen molar-refractivity contribution in [3.8, 4) is 16.9 Å². The van der Waals surface area contributed by atoms with Gasteiger partial charge in [0.25, 0.3) is 5.91 Å². The van der Waals surface area contributed by atoms with Crippen LogP contribution in [0.4, 0.5) is 4.39 Å². The number of amides is 1. The summed E-state index contributed by atoms with van der Waals surface area (Å²) < 4.78 is 43.7. The highest BCUT2D eigenvalue weighted by Gasteiger charge is 2.35. The van der Waals surface area contributed by atoms with Crippen molar-refractivity contribution in [2.75, 3.05) is 25.2 Å². The predicted octanol–water partition coefficient (Wildman–Crippen LogP) is 3.93. The van der Waals surface area contributed by atoms with Crippen LogP contribution in [0, 0.1) is 5.82 Å². The van der Waals surface area contributed by atoms with E-state index in [1.54, 1.807) is 30.2 Å². The Morgan fingerprint density at radius 3 is 2.41 bits per heavy atom. The topological polar surface area (TPSA) is 63.7 Å². The SMILES string of the molecule is CCCCN(C(=O)c1ccc(-c2ccc(OC)cc2)cc1F)C1CCS(=O)(=O)C1. The molecular formula is C22H26FNO4S. The standard InChI is InChI=1S/C22H26FNO4S/c1-3-4-12-24(18-11-13-29(26,27)15-18)22(25)20-10-7-17(14-21(20)23)16-5-8-19(28-2)9-6-16/h5-10,14,18H,3-4,11-13,15H2,1-2H3. The van der Waals surface area contributed by atoms with Crippen LogP contribution in [0.2, 0.25) is 0 Å². The number of rotatable bonds is 7. The Bertz CT molecular complexity index is 973. The maximum atomic E-state index is 14.9. The number of sulfone groups is 1. The number of ether oxygens (including phenoxy) is 1. The summed E-state index contributed by atoms with van der Waals surface area (Å²) in [6.07, 6.45) is 2.01. The highest BCUT2D eigenvalue weighted by molar-refractivity contribution is 7.91. The van der Waals surface area contributed by atoms with E-state index in [1.807, 2.05) is 19.1 Å². The Balaban J connectivity index is 1.85. The number of methoxy groups -OCH3 is 1. The predicted molar refractivity (Wildman–Crippen MR) is 111 cm³/mol. The van der Waals surface area contributed by atoms with Crippen LogP contribution < -0.4 is 4.74 Å². The van der Waals surface area contributed by atoms with Crippen LogP contribution in [-0.2, 0) is 9.84 Å². The summed E-state index contributed by atoms with van der Waals surface area (Å²) in [5, 5.41) is 0. The molecule has 1 aliphatic rings. The second-order valence-electron chi connectivity index (χ2n) is 7.33. The molecule has 0 bridgehead atoms. The van der Waals surface area contributed by atoms with E-state index >= 15 is 0 Å². The maximum absolute atomic E-state index is 14.9. The lowest BCUT2D eigenvalue weighted by Crippen LogP contribution is -2.42. The summed E-state index contributed by atoms with van der Waals surface area (Å²) in [7, 11) is -1.56. The molecule has 2 aromatic rings. The first-order valence-corrected chi connectivity index (χ1v) is 11.6. The number of halogens is 1. The smallest absolute Gasteiger partial charge is 0.257 e. The lowest BCUT2D eigenvalue weighted by atomic mass is 10.0. The number of hydrogen-bond acceptors (Lipinski definition) is 4. The molecule has 0 radical (unpaired) electrons. The van der Waals surface area contributed by atoms with Gasteiger partial charge in [-0.1, -0.05) is 31.5 Å². The minimum absolute atomic E-state index is 0.0253. The molecule has 156 valence electrons. The van der Waals surface area contributed by atoms with E-state index < -0.39 is 21.6 Å². The fourth-order valence-electron chi connectivity index (χ4n) is 3.61. The molecule has 1 fully saturated rings. The van der Waals surface area contributed by atoms with Gasteiger partial charge in [0.15, 0.2) is 9.84 Å². The van der Waals surface area contributed by atoms with Crippen LogP contribution in [-0.4, -0.2) is 50.4 Å². The number of nitrogens with zero attached hydrogens (tertiary/aromatic N) is 1. The van der Waals surface area contributed by atoms with Crippen molar-refractivity contribution in [2.24, 2.45) is 0 Å². The molecule has 29 heavy (non-hydrogen) atoms. The number of carbonyl (C=O) groups is 1. The van der Waals surface area contributed by atoms with Gasteiger partial charge < -0.3 is 9.64 Å². The van der Waals surface area contributed by atoms with Gasteiger partial charge in [-0.3, -0.25) is 4.79 Å². The Morgan fingerprint density at radius 2 is 1.86 bits per heavy atom. The molecule has 7 heteroatoms. The van der Waals surface area contributed by atoms with Crippen molar-refractivity contribution in [1.29, 1.82) is 0 Å². The molecule has 3 rings (SSSR count). The van der Waals surface area contributed by atoms with Crippen molar-refractivity contribution >= 4 is 15.7 Å². The van der Waals surface area contributed by atoms with Gasteiger partial charge in [-0.05, 0) is 48.2 Å². The average molecular weight is 420 g/mol. The number of unbranched alkanes of at least 4 members (excludes halogenated alkanes) is 1. The van der Waals surface area contributed by atoms with Crippen LogP contribution in [0.15, 0.2) is 42.5 Å².